The number of hydrogen-bond acceptors (Lipinski definition) is 6. The summed E-state index contributed by atoms with van der Waals surface area (Å²) >= 11 is 0. The molecule has 0 aliphatic carbocycles. The molecule has 1 atom stereocenters. The summed E-state index contributed by atoms with van der Waals surface area (Å²) in [6, 6.07) is 7.60. The standard InChI is InChI=1S/C19H28N6O3/c1-20-18(22-12-19(7-9-26)8-10-28-13-19)21-11-16-23-17(25-24-16)14-3-5-15(27-2)6-4-14/h3-6,26H,7-13H2,1-2H3,(H2,20,21,22)(H,23,24,25). The van der Waals surface area contributed by atoms with E-state index in [0.29, 0.717) is 43.7 Å². The molecule has 1 aliphatic rings. The van der Waals surface area contributed by atoms with Crippen LogP contribution >= 0.6 is 0 Å². The second-order valence-electron chi connectivity index (χ2n) is 6.89. The van der Waals surface area contributed by atoms with Gasteiger partial charge in [0.15, 0.2) is 11.8 Å². The van der Waals surface area contributed by atoms with E-state index in [0.717, 1.165) is 24.3 Å². The zero-order chi connectivity index (χ0) is 19.8. The number of aliphatic hydroxyl groups is 1. The van der Waals surface area contributed by atoms with Crippen LogP contribution in [0.3, 0.4) is 0 Å². The molecule has 152 valence electrons. The van der Waals surface area contributed by atoms with Gasteiger partial charge in [0.05, 0.1) is 20.3 Å². The minimum atomic E-state index is -0.0415. The molecule has 2 heterocycles. The van der Waals surface area contributed by atoms with Gasteiger partial charge in [0.2, 0.25) is 0 Å². The predicted octanol–water partition coefficient (Wildman–Crippen LogP) is 0.934. The minimum Gasteiger partial charge on any atom is -0.497 e. The molecule has 3 rings (SSSR count). The normalized spacial score (nSPS) is 19.6. The molecule has 9 heteroatoms. The van der Waals surface area contributed by atoms with Crippen molar-refractivity contribution in [1.29, 1.82) is 0 Å². The highest BCUT2D eigenvalue weighted by atomic mass is 16.5. The van der Waals surface area contributed by atoms with Gasteiger partial charge in [0.25, 0.3) is 0 Å². The van der Waals surface area contributed by atoms with Crippen LogP contribution in [0, 0.1) is 5.41 Å². The van der Waals surface area contributed by atoms with Gasteiger partial charge in [-0.05, 0) is 37.1 Å². The highest BCUT2D eigenvalue weighted by Gasteiger charge is 2.34. The van der Waals surface area contributed by atoms with Crippen LogP contribution in [-0.4, -0.2) is 66.8 Å². The van der Waals surface area contributed by atoms with Crippen molar-refractivity contribution < 1.29 is 14.6 Å². The maximum Gasteiger partial charge on any atom is 0.191 e. The molecule has 0 saturated carbocycles. The van der Waals surface area contributed by atoms with E-state index in [1.807, 2.05) is 24.3 Å². The summed E-state index contributed by atoms with van der Waals surface area (Å²) in [6.45, 7) is 2.71. The molecule has 1 aromatic carbocycles. The van der Waals surface area contributed by atoms with Gasteiger partial charge in [0.1, 0.15) is 11.6 Å². The van der Waals surface area contributed by atoms with E-state index >= 15 is 0 Å². The van der Waals surface area contributed by atoms with Gasteiger partial charge in [-0.1, -0.05) is 0 Å². The highest BCUT2D eigenvalue weighted by molar-refractivity contribution is 5.79. The van der Waals surface area contributed by atoms with Crippen LogP contribution in [0.1, 0.15) is 18.7 Å². The molecule has 4 N–H and O–H groups in total. The van der Waals surface area contributed by atoms with Gasteiger partial charge < -0.3 is 25.2 Å². The van der Waals surface area contributed by atoms with Crippen LogP contribution in [0.25, 0.3) is 11.4 Å². The Balaban J connectivity index is 1.53. The molecule has 28 heavy (non-hydrogen) atoms. The quantitative estimate of drug-likeness (QED) is 0.393. The zero-order valence-electron chi connectivity index (χ0n) is 16.4. The first-order chi connectivity index (χ1) is 13.7. The first kappa shape index (κ1) is 20.1. The predicted molar refractivity (Wildman–Crippen MR) is 106 cm³/mol. The third-order valence-corrected chi connectivity index (χ3v) is 4.98. The number of nitrogens with zero attached hydrogens (tertiary/aromatic N) is 3. The summed E-state index contributed by atoms with van der Waals surface area (Å²) in [5.41, 5.74) is 0.873. The summed E-state index contributed by atoms with van der Waals surface area (Å²) in [7, 11) is 3.36. The Hall–Kier alpha value is -2.65. The van der Waals surface area contributed by atoms with Gasteiger partial charge in [-0.15, -0.1) is 0 Å². The van der Waals surface area contributed by atoms with Crippen molar-refractivity contribution in [3.05, 3.63) is 30.1 Å². The van der Waals surface area contributed by atoms with Gasteiger partial charge in [-0.2, -0.15) is 5.10 Å². The van der Waals surface area contributed by atoms with Crippen molar-refractivity contribution in [1.82, 2.24) is 25.8 Å². The molecule has 0 spiro atoms. The Morgan fingerprint density at radius 1 is 1.36 bits per heavy atom. The van der Waals surface area contributed by atoms with Crippen LogP contribution < -0.4 is 15.4 Å². The van der Waals surface area contributed by atoms with Crippen LogP contribution in [0.2, 0.25) is 0 Å². The fourth-order valence-electron chi connectivity index (χ4n) is 3.21. The maximum absolute atomic E-state index is 9.34. The molecular formula is C19H28N6O3. The minimum absolute atomic E-state index is 0.0415. The number of aliphatic hydroxyl groups excluding tert-OH is 1. The van der Waals surface area contributed by atoms with Crippen LogP contribution in [0.5, 0.6) is 5.75 Å². The second-order valence-corrected chi connectivity index (χ2v) is 6.89. The maximum atomic E-state index is 9.34. The number of hydrogen-bond donors (Lipinski definition) is 4. The Bertz CT molecular complexity index is 768. The number of ether oxygens (including phenoxy) is 2. The molecule has 1 fully saturated rings. The molecule has 1 aromatic heterocycles. The summed E-state index contributed by atoms with van der Waals surface area (Å²) in [5.74, 6) is 2.81. The molecular weight excluding hydrogens is 360 g/mol. The number of aromatic amines is 1. The van der Waals surface area contributed by atoms with E-state index in [1.54, 1.807) is 14.2 Å². The number of methoxy groups -OCH3 is 1. The molecule has 9 nitrogen and oxygen atoms in total. The van der Waals surface area contributed by atoms with Gasteiger partial charge in [0, 0.05) is 37.8 Å². The summed E-state index contributed by atoms with van der Waals surface area (Å²) in [4.78, 5) is 8.77. The smallest absolute Gasteiger partial charge is 0.191 e. The van der Waals surface area contributed by atoms with Gasteiger partial charge in [-0.25, -0.2) is 4.98 Å². The molecule has 1 saturated heterocycles. The lowest BCUT2D eigenvalue weighted by Gasteiger charge is -2.27. The van der Waals surface area contributed by atoms with Crippen LogP contribution in [-0.2, 0) is 11.3 Å². The average molecular weight is 388 g/mol. The molecule has 0 radical (unpaired) electrons. The van der Waals surface area contributed by atoms with Crippen LogP contribution in [0.4, 0.5) is 0 Å². The highest BCUT2D eigenvalue weighted by Crippen LogP contribution is 2.31. The number of nitrogens with one attached hydrogen (secondary N) is 3. The number of benzene rings is 1. The third kappa shape index (κ3) is 4.99. The SMILES string of the molecule is CN=C(NCc1nc(-c2ccc(OC)cc2)n[nH]1)NCC1(CCO)CCOC1. The van der Waals surface area contributed by atoms with Crippen molar-refractivity contribution >= 4 is 5.96 Å². The monoisotopic (exact) mass is 388 g/mol. The number of aliphatic imine (C=N–C) groups is 1. The van der Waals surface area contributed by atoms with E-state index in [9.17, 15) is 5.11 Å². The fraction of sp³-hybridized carbons (Fsp3) is 0.526. The van der Waals surface area contributed by atoms with E-state index in [-0.39, 0.29) is 12.0 Å². The molecule has 0 amide bonds. The number of H-pyrrole nitrogens is 1. The molecule has 2 aromatic rings. The first-order valence-electron chi connectivity index (χ1n) is 9.37. The molecule has 1 unspecified atom stereocenters. The fourth-order valence-corrected chi connectivity index (χ4v) is 3.21. The largest absolute Gasteiger partial charge is 0.497 e. The average Bonchev–Trinajstić information content (AvgIpc) is 3.39. The van der Waals surface area contributed by atoms with Crippen molar-refractivity contribution in [2.75, 3.05) is 40.5 Å². The molecule has 1 aliphatic heterocycles. The lowest BCUT2D eigenvalue weighted by molar-refractivity contribution is 0.127. The number of rotatable bonds is 8. The number of guanidine groups is 1. The van der Waals surface area contributed by atoms with E-state index in [1.165, 1.54) is 0 Å². The second kappa shape index (κ2) is 9.52. The summed E-state index contributed by atoms with van der Waals surface area (Å²) < 4.78 is 10.7. The van der Waals surface area contributed by atoms with Crippen molar-refractivity contribution in [2.45, 2.75) is 19.4 Å². The van der Waals surface area contributed by atoms with E-state index < -0.39 is 0 Å². The lowest BCUT2D eigenvalue weighted by atomic mass is 9.84. The van der Waals surface area contributed by atoms with Gasteiger partial charge in [-0.3, -0.25) is 10.1 Å². The van der Waals surface area contributed by atoms with E-state index in [4.69, 9.17) is 9.47 Å². The van der Waals surface area contributed by atoms with Crippen molar-refractivity contribution in [2.24, 2.45) is 10.4 Å². The Labute approximate surface area is 164 Å². The summed E-state index contributed by atoms with van der Waals surface area (Å²) in [5, 5.41) is 23.1. The summed E-state index contributed by atoms with van der Waals surface area (Å²) in [6.07, 6.45) is 1.65. The lowest BCUT2D eigenvalue weighted by Crippen LogP contribution is -2.44. The number of aromatic nitrogens is 3. The third-order valence-electron chi connectivity index (χ3n) is 4.98. The van der Waals surface area contributed by atoms with E-state index in [2.05, 4.69) is 30.8 Å². The Kier molecular flexibility index (Phi) is 6.83. The zero-order valence-corrected chi connectivity index (χ0v) is 16.4. The van der Waals surface area contributed by atoms with Crippen molar-refractivity contribution in [3.8, 4) is 17.1 Å². The molecule has 0 bridgehead atoms. The van der Waals surface area contributed by atoms with Crippen LogP contribution in [0.15, 0.2) is 29.3 Å². The topological polar surface area (TPSA) is 117 Å². The van der Waals surface area contributed by atoms with Crippen molar-refractivity contribution in [3.63, 3.8) is 0 Å². The Morgan fingerprint density at radius 2 is 2.18 bits per heavy atom. The van der Waals surface area contributed by atoms with Gasteiger partial charge >= 0.3 is 0 Å². The first-order valence-corrected chi connectivity index (χ1v) is 9.37. The Morgan fingerprint density at radius 3 is 2.82 bits per heavy atom.